The first-order valence-electron chi connectivity index (χ1n) is 3.86. The van der Waals surface area contributed by atoms with E-state index in [0.29, 0.717) is 0 Å². The first-order chi connectivity index (χ1) is 6.15. The van der Waals surface area contributed by atoms with E-state index >= 15 is 0 Å². The summed E-state index contributed by atoms with van der Waals surface area (Å²) in [6.45, 7) is -0.0380. The number of aliphatic hydroxyl groups is 2. The van der Waals surface area contributed by atoms with Gasteiger partial charge in [-0.05, 0) is 12.1 Å². The molecule has 0 amide bonds. The molecule has 0 radical (unpaired) electrons. The zero-order chi connectivity index (χ0) is 9.84. The fourth-order valence-corrected chi connectivity index (χ4v) is 0.898. The Kier molecular flexibility index (Phi) is 3.18. The van der Waals surface area contributed by atoms with Crippen molar-refractivity contribution >= 4 is 0 Å². The third-order valence-corrected chi connectivity index (χ3v) is 1.68. The predicted molar refractivity (Wildman–Crippen MR) is 45.9 cm³/mol. The first-order valence-corrected chi connectivity index (χ1v) is 3.86. The topological polar surface area (TPSA) is 99.6 Å². The summed E-state index contributed by atoms with van der Waals surface area (Å²) in [5.41, 5.74) is 5.44. The molecular formula is C8H12N2O3. The summed E-state index contributed by atoms with van der Waals surface area (Å²) in [5, 5.41) is 27.5. The standard InChI is InChI=1S/C8H12N2O3/c9-3-7(12)8(13)6-2-1-5(11)4-10-6/h1-2,4,7-8,11-13H,3,9H2. The molecule has 5 N–H and O–H groups in total. The van der Waals surface area contributed by atoms with Crippen LogP contribution in [-0.4, -0.2) is 33.0 Å². The van der Waals surface area contributed by atoms with Gasteiger partial charge in [-0.15, -0.1) is 0 Å². The van der Waals surface area contributed by atoms with Gasteiger partial charge in [-0.3, -0.25) is 4.98 Å². The van der Waals surface area contributed by atoms with Crippen LogP contribution in [0.5, 0.6) is 5.75 Å². The Morgan fingerprint density at radius 1 is 1.38 bits per heavy atom. The predicted octanol–water partition coefficient (Wildman–Crippen LogP) is -0.860. The highest BCUT2D eigenvalue weighted by Crippen LogP contribution is 2.15. The molecular weight excluding hydrogens is 172 g/mol. The highest BCUT2D eigenvalue weighted by atomic mass is 16.3. The second-order valence-corrected chi connectivity index (χ2v) is 2.69. The summed E-state index contributed by atoms with van der Waals surface area (Å²) >= 11 is 0. The Hall–Kier alpha value is -1.17. The highest BCUT2D eigenvalue weighted by molar-refractivity contribution is 5.19. The fourth-order valence-electron chi connectivity index (χ4n) is 0.898. The van der Waals surface area contributed by atoms with E-state index in [2.05, 4.69) is 4.98 Å². The molecule has 0 fully saturated rings. The Labute approximate surface area is 75.5 Å². The first kappa shape index (κ1) is 9.91. The number of aliphatic hydroxyl groups excluding tert-OH is 2. The molecule has 0 bridgehead atoms. The van der Waals surface area contributed by atoms with Crippen LogP contribution in [0.2, 0.25) is 0 Å². The van der Waals surface area contributed by atoms with E-state index in [-0.39, 0.29) is 18.0 Å². The number of aromatic hydroxyl groups is 1. The normalized spacial score (nSPS) is 15.3. The van der Waals surface area contributed by atoms with E-state index in [0.717, 1.165) is 0 Å². The van der Waals surface area contributed by atoms with Gasteiger partial charge in [0.05, 0.1) is 18.0 Å². The van der Waals surface area contributed by atoms with Gasteiger partial charge in [0, 0.05) is 6.54 Å². The summed E-state index contributed by atoms with van der Waals surface area (Å²) < 4.78 is 0. The summed E-state index contributed by atoms with van der Waals surface area (Å²) in [6, 6.07) is 2.81. The maximum absolute atomic E-state index is 9.41. The molecule has 1 aromatic heterocycles. The van der Waals surface area contributed by atoms with Crippen LogP contribution in [0.25, 0.3) is 0 Å². The van der Waals surface area contributed by atoms with Gasteiger partial charge in [0.25, 0.3) is 0 Å². The third-order valence-electron chi connectivity index (χ3n) is 1.68. The van der Waals surface area contributed by atoms with Crippen molar-refractivity contribution in [3.8, 4) is 5.75 Å². The van der Waals surface area contributed by atoms with E-state index in [4.69, 9.17) is 10.8 Å². The molecule has 5 nitrogen and oxygen atoms in total. The molecule has 72 valence electrons. The smallest absolute Gasteiger partial charge is 0.133 e. The van der Waals surface area contributed by atoms with Gasteiger partial charge in [0.2, 0.25) is 0 Å². The molecule has 2 unspecified atom stereocenters. The molecule has 1 heterocycles. The molecule has 1 rings (SSSR count). The van der Waals surface area contributed by atoms with E-state index in [1.165, 1.54) is 18.3 Å². The summed E-state index contributed by atoms with van der Waals surface area (Å²) in [5.74, 6) is 0.0122. The van der Waals surface area contributed by atoms with Gasteiger partial charge in [-0.1, -0.05) is 0 Å². The third kappa shape index (κ3) is 2.38. The minimum absolute atomic E-state index is 0.0122. The number of aromatic nitrogens is 1. The number of hydrogen-bond donors (Lipinski definition) is 4. The molecule has 13 heavy (non-hydrogen) atoms. The summed E-state index contributed by atoms with van der Waals surface area (Å²) in [7, 11) is 0. The lowest BCUT2D eigenvalue weighted by Crippen LogP contribution is -2.27. The van der Waals surface area contributed by atoms with E-state index in [1.807, 2.05) is 0 Å². The molecule has 0 aromatic carbocycles. The van der Waals surface area contributed by atoms with Gasteiger partial charge in [0.15, 0.2) is 0 Å². The molecule has 0 saturated heterocycles. The SMILES string of the molecule is NCC(O)C(O)c1ccc(O)cn1. The second kappa shape index (κ2) is 4.18. The number of pyridine rings is 1. The summed E-state index contributed by atoms with van der Waals surface area (Å²) in [6.07, 6.45) is -0.940. The van der Waals surface area contributed by atoms with Crippen molar-refractivity contribution < 1.29 is 15.3 Å². The van der Waals surface area contributed by atoms with Crippen LogP contribution in [0.3, 0.4) is 0 Å². The largest absolute Gasteiger partial charge is 0.506 e. The minimum Gasteiger partial charge on any atom is -0.506 e. The molecule has 0 spiro atoms. The highest BCUT2D eigenvalue weighted by Gasteiger charge is 2.17. The van der Waals surface area contributed by atoms with Crippen molar-refractivity contribution in [2.45, 2.75) is 12.2 Å². The van der Waals surface area contributed by atoms with Gasteiger partial charge < -0.3 is 21.1 Å². The molecule has 0 saturated carbocycles. The van der Waals surface area contributed by atoms with E-state index < -0.39 is 12.2 Å². The van der Waals surface area contributed by atoms with Crippen molar-refractivity contribution in [3.05, 3.63) is 24.0 Å². The lowest BCUT2D eigenvalue weighted by molar-refractivity contribution is 0.0217. The van der Waals surface area contributed by atoms with E-state index in [9.17, 15) is 10.2 Å². The molecule has 2 atom stereocenters. The zero-order valence-corrected chi connectivity index (χ0v) is 6.96. The lowest BCUT2D eigenvalue weighted by atomic mass is 10.1. The Balaban J connectivity index is 2.77. The van der Waals surface area contributed by atoms with Crippen LogP contribution >= 0.6 is 0 Å². The lowest BCUT2D eigenvalue weighted by Gasteiger charge is -2.14. The fraction of sp³-hybridized carbons (Fsp3) is 0.375. The zero-order valence-electron chi connectivity index (χ0n) is 6.96. The van der Waals surface area contributed by atoms with Gasteiger partial charge in [0.1, 0.15) is 11.9 Å². The van der Waals surface area contributed by atoms with Crippen molar-refractivity contribution in [2.75, 3.05) is 6.54 Å². The van der Waals surface area contributed by atoms with Gasteiger partial charge in [-0.25, -0.2) is 0 Å². The number of nitrogens with two attached hydrogens (primary N) is 1. The molecule has 0 aliphatic heterocycles. The van der Waals surface area contributed by atoms with Crippen molar-refractivity contribution in [2.24, 2.45) is 5.73 Å². The van der Waals surface area contributed by atoms with E-state index in [1.54, 1.807) is 0 Å². The monoisotopic (exact) mass is 184 g/mol. The maximum atomic E-state index is 9.41. The molecule has 0 aliphatic carbocycles. The van der Waals surface area contributed by atoms with Crippen LogP contribution in [0.15, 0.2) is 18.3 Å². The van der Waals surface area contributed by atoms with Crippen LogP contribution < -0.4 is 5.73 Å². The second-order valence-electron chi connectivity index (χ2n) is 2.69. The van der Waals surface area contributed by atoms with Crippen LogP contribution in [0, 0.1) is 0 Å². The molecule has 0 aliphatic rings. The average molecular weight is 184 g/mol. The van der Waals surface area contributed by atoms with Gasteiger partial charge in [-0.2, -0.15) is 0 Å². The Bertz CT molecular complexity index is 263. The molecule has 5 heteroatoms. The number of nitrogens with zero attached hydrogens (tertiary/aromatic N) is 1. The Morgan fingerprint density at radius 3 is 2.54 bits per heavy atom. The number of hydrogen-bond acceptors (Lipinski definition) is 5. The average Bonchev–Trinajstić information content (AvgIpc) is 2.17. The van der Waals surface area contributed by atoms with Crippen LogP contribution in [0.4, 0.5) is 0 Å². The van der Waals surface area contributed by atoms with Crippen molar-refractivity contribution in [1.82, 2.24) is 4.98 Å². The van der Waals surface area contributed by atoms with Crippen molar-refractivity contribution in [3.63, 3.8) is 0 Å². The maximum Gasteiger partial charge on any atom is 0.133 e. The van der Waals surface area contributed by atoms with Gasteiger partial charge >= 0.3 is 0 Å². The number of rotatable bonds is 3. The van der Waals surface area contributed by atoms with Crippen molar-refractivity contribution in [1.29, 1.82) is 0 Å². The Morgan fingerprint density at radius 2 is 2.08 bits per heavy atom. The summed E-state index contributed by atoms with van der Waals surface area (Å²) in [4.78, 5) is 3.73. The quantitative estimate of drug-likeness (QED) is 0.490. The van der Waals surface area contributed by atoms with Crippen LogP contribution in [0.1, 0.15) is 11.8 Å². The minimum atomic E-state index is -1.11. The van der Waals surface area contributed by atoms with Crippen LogP contribution in [-0.2, 0) is 0 Å². The molecule has 1 aromatic rings.